The predicted molar refractivity (Wildman–Crippen MR) is 57.6 cm³/mol. The Hall–Kier alpha value is -0.200. The van der Waals surface area contributed by atoms with Crippen LogP contribution in [0.5, 0.6) is 0 Å². The average Bonchev–Trinajstić information content (AvgIpc) is 2.55. The highest BCUT2D eigenvalue weighted by molar-refractivity contribution is 4.95. The molecular weight excluding hydrogens is 208 g/mol. The van der Waals surface area contributed by atoms with E-state index >= 15 is 0 Å². The standard InChI is InChI=1S/C11H20N2O3/c14-6-7-4-10-8(5-9(7)15)12-11(16-10)13-2-1-3-13/h7-12,14-15H,1-6H2/t7?,8-,9+,10+,11?/m1/s1. The lowest BCUT2D eigenvalue weighted by molar-refractivity contribution is -0.103. The molecule has 2 aliphatic heterocycles. The summed E-state index contributed by atoms with van der Waals surface area (Å²) in [5.74, 6) is -0.0156. The van der Waals surface area contributed by atoms with Gasteiger partial charge in [-0.2, -0.15) is 0 Å². The molecule has 0 aromatic heterocycles. The summed E-state index contributed by atoms with van der Waals surface area (Å²) in [7, 11) is 0. The first-order valence-corrected chi connectivity index (χ1v) is 6.22. The second kappa shape index (κ2) is 4.23. The SMILES string of the molecule is OCC1C[C@@H]2OC(N3CCC3)N[C@@H]2C[C@@H]1O. The van der Waals surface area contributed by atoms with Gasteiger partial charge in [0.2, 0.25) is 0 Å². The zero-order valence-electron chi connectivity index (χ0n) is 9.38. The van der Waals surface area contributed by atoms with Crippen molar-refractivity contribution in [2.45, 2.75) is 43.9 Å². The minimum atomic E-state index is -0.391. The lowest BCUT2D eigenvalue weighted by Crippen LogP contribution is -2.52. The van der Waals surface area contributed by atoms with Crippen molar-refractivity contribution in [3.8, 4) is 0 Å². The summed E-state index contributed by atoms with van der Waals surface area (Å²) in [5, 5.41) is 22.4. The van der Waals surface area contributed by atoms with Crippen molar-refractivity contribution < 1.29 is 14.9 Å². The first-order valence-electron chi connectivity index (χ1n) is 6.22. The number of ether oxygens (including phenoxy) is 1. The van der Waals surface area contributed by atoms with E-state index in [0.717, 1.165) is 19.5 Å². The van der Waals surface area contributed by atoms with Gasteiger partial charge in [0.15, 0.2) is 6.35 Å². The highest BCUT2D eigenvalue weighted by atomic mass is 16.5. The van der Waals surface area contributed by atoms with Crippen molar-refractivity contribution in [3.05, 3.63) is 0 Å². The van der Waals surface area contributed by atoms with Crippen LogP contribution in [-0.2, 0) is 4.74 Å². The van der Waals surface area contributed by atoms with Gasteiger partial charge >= 0.3 is 0 Å². The molecule has 0 radical (unpaired) electrons. The van der Waals surface area contributed by atoms with E-state index in [9.17, 15) is 5.11 Å². The van der Waals surface area contributed by atoms with Crippen LogP contribution >= 0.6 is 0 Å². The average molecular weight is 228 g/mol. The van der Waals surface area contributed by atoms with Crippen LogP contribution in [0.1, 0.15) is 19.3 Å². The molecule has 0 aromatic rings. The van der Waals surface area contributed by atoms with Gasteiger partial charge in [-0.1, -0.05) is 0 Å². The van der Waals surface area contributed by atoms with Crippen molar-refractivity contribution in [2.24, 2.45) is 5.92 Å². The maximum absolute atomic E-state index is 9.84. The Bertz CT molecular complexity index is 260. The summed E-state index contributed by atoms with van der Waals surface area (Å²) in [6, 6.07) is 0.253. The summed E-state index contributed by atoms with van der Waals surface area (Å²) in [6.07, 6.45) is 2.51. The summed E-state index contributed by atoms with van der Waals surface area (Å²) in [6.45, 7) is 2.26. The van der Waals surface area contributed by atoms with Crippen LogP contribution in [0.2, 0.25) is 0 Å². The Morgan fingerprint density at radius 2 is 2.12 bits per heavy atom. The maximum atomic E-state index is 9.84. The van der Waals surface area contributed by atoms with Crippen molar-refractivity contribution in [1.82, 2.24) is 10.2 Å². The van der Waals surface area contributed by atoms with Gasteiger partial charge in [0.25, 0.3) is 0 Å². The smallest absolute Gasteiger partial charge is 0.166 e. The third-order valence-electron chi connectivity index (χ3n) is 4.14. The number of hydrogen-bond donors (Lipinski definition) is 3. The molecule has 2 unspecified atom stereocenters. The van der Waals surface area contributed by atoms with E-state index in [2.05, 4.69) is 10.2 Å². The van der Waals surface area contributed by atoms with Gasteiger partial charge in [-0.25, -0.2) is 0 Å². The molecule has 0 amide bonds. The van der Waals surface area contributed by atoms with E-state index in [4.69, 9.17) is 9.84 Å². The van der Waals surface area contributed by atoms with Crippen LogP contribution in [-0.4, -0.2) is 59.4 Å². The minimum Gasteiger partial charge on any atom is -0.396 e. The Morgan fingerprint density at radius 3 is 2.75 bits per heavy atom. The van der Waals surface area contributed by atoms with Crippen molar-refractivity contribution in [2.75, 3.05) is 19.7 Å². The molecule has 1 aliphatic carbocycles. The molecule has 2 saturated heterocycles. The summed E-state index contributed by atoms with van der Waals surface area (Å²) >= 11 is 0. The molecule has 1 saturated carbocycles. The third-order valence-corrected chi connectivity index (χ3v) is 4.14. The molecule has 3 rings (SSSR count). The van der Waals surface area contributed by atoms with Crippen molar-refractivity contribution in [1.29, 1.82) is 0 Å². The number of hydrogen-bond acceptors (Lipinski definition) is 5. The topological polar surface area (TPSA) is 65.0 Å². The van der Waals surface area contributed by atoms with Gasteiger partial charge in [-0.3, -0.25) is 10.2 Å². The molecule has 0 spiro atoms. The van der Waals surface area contributed by atoms with Crippen LogP contribution in [0.4, 0.5) is 0 Å². The number of rotatable bonds is 2. The van der Waals surface area contributed by atoms with Crippen LogP contribution in [0.15, 0.2) is 0 Å². The van der Waals surface area contributed by atoms with Gasteiger partial charge in [0.05, 0.1) is 12.2 Å². The molecule has 3 fully saturated rings. The van der Waals surface area contributed by atoms with Crippen LogP contribution in [0, 0.1) is 5.92 Å². The summed E-state index contributed by atoms with van der Waals surface area (Å²) < 4.78 is 5.94. The fourth-order valence-electron chi connectivity index (χ4n) is 2.90. The summed E-state index contributed by atoms with van der Waals surface area (Å²) in [4.78, 5) is 2.28. The van der Waals surface area contributed by atoms with Gasteiger partial charge < -0.3 is 14.9 Å². The Morgan fingerprint density at radius 1 is 1.31 bits per heavy atom. The van der Waals surface area contributed by atoms with Crippen molar-refractivity contribution in [3.63, 3.8) is 0 Å². The maximum Gasteiger partial charge on any atom is 0.166 e. The van der Waals surface area contributed by atoms with E-state index in [1.54, 1.807) is 0 Å². The molecule has 0 bridgehead atoms. The van der Waals surface area contributed by atoms with E-state index in [-0.39, 0.29) is 31.0 Å². The first-order chi connectivity index (χ1) is 7.78. The van der Waals surface area contributed by atoms with Gasteiger partial charge in [-0.05, 0) is 19.3 Å². The molecule has 16 heavy (non-hydrogen) atoms. The molecule has 2 heterocycles. The Kier molecular flexibility index (Phi) is 2.89. The van der Waals surface area contributed by atoms with E-state index < -0.39 is 6.10 Å². The molecule has 92 valence electrons. The first kappa shape index (κ1) is 10.9. The fraction of sp³-hybridized carbons (Fsp3) is 1.00. The fourth-order valence-corrected chi connectivity index (χ4v) is 2.90. The van der Waals surface area contributed by atoms with Crippen LogP contribution in [0.25, 0.3) is 0 Å². The second-order valence-electron chi connectivity index (χ2n) is 5.17. The zero-order valence-corrected chi connectivity index (χ0v) is 9.38. The quantitative estimate of drug-likeness (QED) is 0.571. The number of aliphatic hydroxyl groups is 2. The van der Waals surface area contributed by atoms with Gasteiger partial charge in [0, 0.05) is 31.7 Å². The number of nitrogens with zero attached hydrogens (tertiary/aromatic N) is 1. The molecular formula is C11H20N2O3. The number of likely N-dealkylation sites (tertiary alicyclic amines) is 1. The monoisotopic (exact) mass is 228 g/mol. The van der Waals surface area contributed by atoms with Crippen LogP contribution < -0.4 is 5.32 Å². The highest BCUT2D eigenvalue weighted by Crippen LogP contribution is 2.32. The van der Waals surface area contributed by atoms with Crippen LogP contribution in [0.3, 0.4) is 0 Å². The Balaban J connectivity index is 1.62. The lowest BCUT2D eigenvalue weighted by Gasteiger charge is -2.35. The molecule has 5 heteroatoms. The predicted octanol–water partition coefficient (Wildman–Crippen LogP) is -0.904. The normalized spacial score (nSPS) is 48.8. The number of aliphatic hydroxyl groups excluding tert-OH is 2. The number of fused-ring (bicyclic) bond motifs is 1. The zero-order chi connectivity index (χ0) is 11.1. The third kappa shape index (κ3) is 1.76. The molecule has 3 N–H and O–H groups in total. The second-order valence-corrected chi connectivity index (χ2v) is 5.17. The summed E-state index contributed by atoms with van der Waals surface area (Å²) in [5.41, 5.74) is 0. The van der Waals surface area contributed by atoms with E-state index in [0.29, 0.717) is 6.42 Å². The Labute approximate surface area is 95.4 Å². The van der Waals surface area contributed by atoms with Gasteiger partial charge in [-0.15, -0.1) is 0 Å². The highest BCUT2D eigenvalue weighted by Gasteiger charge is 2.44. The minimum absolute atomic E-state index is 0.0156. The largest absolute Gasteiger partial charge is 0.396 e. The van der Waals surface area contributed by atoms with Crippen molar-refractivity contribution >= 4 is 0 Å². The van der Waals surface area contributed by atoms with E-state index in [1.807, 2.05) is 0 Å². The molecule has 5 nitrogen and oxygen atoms in total. The van der Waals surface area contributed by atoms with E-state index in [1.165, 1.54) is 6.42 Å². The molecule has 3 aliphatic rings. The molecule has 5 atom stereocenters. The van der Waals surface area contributed by atoms with Gasteiger partial charge in [0.1, 0.15) is 0 Å². The lowest BCUT2D eigenvalue weighted by atomic mass is 9.82. The molecule has 0 aromatic carbocycles. The number of nitrogens with one attached hydrogen (secondary N) is 1.